The second-order valence-electron chi connectivity index (χ2n) is 4.94. The van der Waals surface area contributed by atoms with E-state index in [4.69, 9.17) is 5.73 Å². The molecule has 0 radical (unpaired) electrons. The normalized spacial score (nSPS) is 12.7. The van der Waals surface area contributed by atoms with Crippen molar-refractivity contribution in [3.63, 3.8) is 0 Å². The summed E-state index contributed by atoms with van der Waals surface area (Å²) in [7, 11) is 1.90. The number of nitrogens with zero attached hydrogens (tertiary/aromatic N) is 2. The van der Waals surface area contributed by atoms with Crippen LogP contribution in [-0.4, -0.2) is 9.78 Å². The summed E-state index contributed by atoms with van der Waals surface area (Å²) in [6.07, 6.45) is 1.48. The van der Waals surface area contributed by atoms with Gasteiger partial charge in [0.25, 0.3) is 0 Å². The van der Waals surface area contributed by atoms with Crippen LogP contribution in [0, 0.1) is 12.7 Å². The first kappa shape index (κ1) is 13.7. The molecule has 0 bridgehead atoms. The second-order valence-corrected chi connectivity index (χ2v) is 4.94. The third-order valence-corrected chi connectivity index (χ3v) is 3.37. The van der Waals surface area contributed by atoms with Crippen LogP contribution >= 0.6 is 0 Å². The van der Waals surface area contributed by atoms with Gasteiger partial charge >= 0.3 is 0 Å². The Balaban J connectivity index is 2.20. The predicted octanol–water partition coefficient (Wildman–Crippen LogP) is 2.67. The maximum absolute atomic E-state index is 13.9. The van der Waals surface area contributed by atoms with E-state index in [1.165, 1.54) is 6.07 Å². The van der Waals surface area contributed by atoms with Crippen molar-refractivity contribution in [1.29, 1.82) is 0 Å². The smallest absolute Gasteiger partial charge is 0.128 e. The molecule has 0 aliphatic carbocycles. The lowest BCUT2D eigenvalue weighted by Gasteiger charge is -2.13. The van der Waals surface area contributed by atoms with Crippen LogP contribution in [0.4, 0.5) is 4.39 Å². The number of aryl methyl sites for hydroxylation is 3. The Hall–Kier alpha value is -1.68. The van der Waals surface area contributed by atoms with Crippen molar-refractivity contribution in [2.75, 3.05) is 0 Å². The molecule has 1 aromatic heterocycles. The minimum atomic E-state index is -0.347. The molecule has 0 aliphatic rings. The van der Waals surface area contributed by atoms with Gasteiger partial charge in [0.2, 0.25) is 0 Å². The molecule has 0 spiro atoms. The molecule has 0 fully saturated rings. The predicted molar refractivity (Wildman–Crippen MR) is 74.4 cm³/mol. The number of benzene rings is 1. The Labute approximate surface area is 113 Å². The molecule has 2 N–H and O–H groups in total. The van der Waals surface area contributed by atoms with Crippen LogP contribution in [0.15, 0.2) is 24.3 Å². The van der Waals surface area contributed by atoms with Crippen molar-refractivity contribution in [2.24, 2.45) is 12.8 Å². The van der Waals surface area contributed by atoms with Crippen LogP contribution in [0.5, 0.6) is 0 Å². The van der Waals surface area contributed by atoms with E-state index in [2.05, 4.69) is 12.0 Å². The maximum Gasteiger partial charge on any atom is 0.128 e. The molecule has 1 aromatic carbocycles. The Kier molecular flexibility index (Phi) is 4.00. The standard InChI is InChI=1S/C15H20FN3/c1-4-11-8-12(19(3)18-11)9-15(17)13-6-5-10(2)7-14(13)16/h5-8,15H,4,9,17H2,1-3H3. The molecule has 3 nitrogen and oxygen atoms in total. The number of halogens is 1. The van der Waals surface area contributed by atoms with Gasteiger partial charge in [-0.15, -0.1) is 0 Å². The van der Waals surface area contributed by atoms with E-state index in [0.717, 1.165) is 23.4 Å². The summed E-state index contributed by atoms with van der Waals surface area (Å²) in [4.78, 5) is 0. The fourth-order valence-corrected chi connectivity index (χ4v) is 2.20. The van der Waals surface area contributed by atoms with Gasteiger partial charge in [0.15, 0.2) is 0 Å². The van der Waals surface area contributed by atoms with Crippen molar-refractivity contribution in [3.8, 4) is 0 Å². The zero-order chi connectivity index (χ0) is 14.0. The van der Waals surface area contributed by atoms with E-state index >= 15 is 0 Å². The highest BCUT2D eigenvalue weighted by Gasteiger charge is 2.14. The Bertz CT molecular complexity index is 575. The third kappa shape index (κ3) is 3.01. The van der Waals surface area contributed by atoms with Gasteiger partial charge in [0, 0.05) is 30.8 Å². The summed E-state index contributed by atoms with van der Waals surface area (Å²) >= 11 is 0. The molecule has 102 valence electrons. The summed E-state index contributed by atoms with van der Waals surface area (Å²) in [6.45, 7) is 3.93. The lowest BCUT2D eigenvalue weighted by atomic mass is 10.0. The SMILES string of the molecule is CCc1cc(CC(N)c2ccc(C)cc2F)n(C)n1. The monoisotopic (exact) mass is 261 g/mol. The number of aromatic nitrogens is 2. The summed E-state index contributed by atoms with van der Waals surface area (Å²) < 4.78 is 15.7. The van der Waals surface area contributed by atoms with E-state index in [1.807, 2.05) is 30.8 Å². The highest BCUT2D eigenvalue weighted by Crippen LogP contribution is 2.20. The minimum absolute atomic E-state index is 0.231. The molecule has 0 saturated carbocycles. The van der Waals surface area contributed by atoms with E-state index in [9.17, 15) is 4.39 Å². The van der Waals surface area contributed by atoms with Crippen molar-refractivity contribution in [1.82, 2.24) is 9.78 Å². The van der Waals surface area contributed by atoms with Crippen LogP contribution in [0.3, 0.4) is 0 Å². The first-order valence-corrected chi connectivity index (χ1v) is 6.54. The van der Waals surface area contributed by atoms with Crippen molar-refractivity contribution in [3.05, 3.63) is 52.6 Å². The molecule has 1 heterocycles. The van der Waals surface area contributed by atoms with E-state index in [0.29, 0.717) is 12.0 Å². The fourth-order valence-electron chi connectivity index (χ4n) is 2.20. The quantitative estimate of drug-likeness (QED) is 0.919. The minimum Gasteiger partial charge on any atom is -0.324 e. The molecule has 1 unspecified atom stereocenters. The molecule has 19 heavy (non-hydrogen) atoms. The molecule has 2 aromatic rings. The van der Waals surface area contributed by atoms with Crippen LogP contribution in [0.25, 0.3) is 0 Å². The molecule has 0 amide bonds. The first-order valence-electron chi connectivity index (χ1n) is 6.54. The number of hydrogen-bond donors (Lipinski definition) is 1. The molecule has 1 atom stereocenters. The van der Waals surface area contributed by atoms with Gasteiger partial charge in [0.05, 0.1) is 5.69 Å². The lowest BCUT2D eigenvalue weighted by Crippen LogP contribution is -2.16. The third-order valence-electron chi connectivity index (χ3n) is 3.37. The Morgan fingerprint density at radius 1 is 1.37 bits per heavy atom. The largest absolute Gasteiger partial charge is 0.324 e. The highest BCUT2D eigenvalue weighted by molar-refractivity contribution is 5.27. The second kappa shape index (κ2) is 5.53. The average molecular weight is 261 g/mol. The Morgan fingerprint density at radius 3 is 2.68 bits per heavy atom. The average Bonchev–Trinajstić information content (AvgIpc) is 2.70. The topological polar surface area (TPSA) is 43.8 Å². The number of nitrogens with two attached hydrogens (primary N) is 1. The summed E-state index contributed by atoms with van der Waals surface area (Å²) in [5.74, 6) is -0.231. The van der Waals surface area contributed by atoms with Gasteiger partial charge in [-0.3, -0.25) is 4.68 Å². The van der Waals surface area contributed by atoms with Crippen molar-refractivity contribution < 1.29 is 4.39 Å². The van der Waals surface area contributed by atoms with Crippen LogP contribution < -0.4 is 5.73 Å². The van der Waals surface area contributed by atoms with Gasteiger partial charge in [-0.25, -0.2) is 4.39 Å². The summed E-state index contributed by atoms with van der Waals surface area (Å²) in [6, 6.07) is 6.87. The van der Waals surface area contributed by atoms with E-state index in [-0.39, 0.29) is 11.9 Å². The van der Waals surface area contributed by atoms with Gasteiger partial charge in [-0.05, 0) is 31.0 Å². The van der Waals surface area contributed by atoms with Gasteiger partial charge in [-0.2, -0.15) is 5.10 Å². The molecule has 0 saturated heterocycles. The zero-order valence-electron chi connectivity index (χ0n) is 11.7. The fraction of sp³-hybridized carbons (Fsp3) is 0.400. The lowest BCUT2D eigenvalue weighted by molar-refractivity contribution is 0.568. The molecular formula is C15H20FN3. The van der Waals surface area contributed by atoms with Crippen LogP contribution in [0.1, 0.15) is 35.5 Å². The van der Waals surface area contributed by atoms with Crippen LogP contribution in [-0.2, 0) is 19.9 Å². The van der Waals surface area contributed by atoms with Crippen molar-refractivity contribution in [2.45, 2.75) is 32.7 Å². The van der Waals surface area contributed by atoms with Crippen molar-refractivity contribution >= 4 is 0 Å². The molecule has 2 rings (SSSR count). The number of rotatable bonds is 4. The van der Waals surface area contributed by atoms with Gasteiger partial charge < -0.3 is 5.73 Å². The van der Waals surface area contributed by atoms with Crippen LogP contribution in [0.2, 0.25) is 0 Å². The molecule has 4 heteroatoms. The highest BCUT2D eigenvalue weighted by atomic mass is 19.1. The molecule has 0 aliphatic heterocycles. The number of hydrogen-bond acceptors (Lipinski definition) is 2. The molecular weight excluding hydrogens is 241 g/mol. The van der Waals surface area contributed by atoms with E-state index in [1.54, 1.807) is 6.07 Å². The van der Waals surface area contributed by atoms with Gasteiger partial charge in [-0.1, -0.05) is 19.1 Å². The zero-order valence-corrected chi connectivity index (χ0v) is 11.7. The maximum atomic E-state index is 13.9. The van der Waals surface area contributed by atoms with Gasteiger partial charge in [0.1, 0.15) is 5.82 Å². The first-order chi connectivity index (χ1) is 9.01. The summed E-state index contributed by atoms with van der Waals surface area (Å²) in [5.41, 5.74) is 9.65. The van der Waals surface area contributed by atoms with E-state index < -0.39 is 0 Å². The summed E-state index contributed by atoms with van der Waals surface area (Å²) in [5, 5.41) is 4.38. The Morgan fingerprint density at radius 2 is 2.11 bits per heavy atom.